The van der Waals surface area contributed by atoms with Gasteiger partial charge in [0.15, 0.2) is 11.0 Å². The van der Waals surface area contributed by atoms with Crippen LogP contribution in [0.3, 0.4) is 0 Å². The molecule has 0 radical (unpaired) electrons. The van der Waals surface area contributed by atoms with Gasteiger partial charge in [0.05, 0.1) is 6.61 Å². The fourth-order valence-electron chi connectivity index (χ4n) is 3.01. The number of hydrogen-bond donors (Lipinski definition) is 0. The highest BCUT2D eigenvalue weighted by molar-refractivity contribution is 9.10. The molecule has 0 fully saturated rings. The van der Waals surface area contributed by atoms with Crippen LogP contribution >= 0.6 is 39.3 Å². The van der Waals surface area contributed by atoms with Crippen LogP contribution in [0.1, 0.15) is 12.5 Å². The second-order valence-electron chi connectivity index (χ2n) is 6.49. The van der Waals surface area contributed by atoms with Crippen molar-refractivity contribution in [3.63, 3.8) is 0 Å². The Balaban J connectivity index is 1.71. The summed E-state index contributed by atoms with van der Waals surface area (Å²) in [4.78, 5) is 0. The molecule has 0 N–H and O–H groups in total. The molecule has 152 valence electrons. The van der Waals surface area contributed by atoms with Gasteiger partial charge >= 0.3 is 0 Å². The molecule has 0 unspecified atom stereocenters. The molecule has 1 aromatic heterocycles. The fourth-order valence-corrected chi connectivity index (χ4v) is 4.48. The van der Waals surface area contributed by atoms with E-state index in [4.69, 9.17) is 16.3 Å². The molecule has 30 heavy (non-hydrogen) atoms. The Hall–Kier alpha value is -2.28. The molecule has 3 aromatic carbocycles. The highest BCUT2D eigenvalue weighted by Crippen LogP contribution is 2.31. The van der Waals surface area contributed by atoms with Gasteiger partial charge in [-0.2, -0.15) is 0 Å². The van der Waals surface area contributed by atoms with Gasteiger partial charge in [-0.05, 0) is 73.2 Å². The number of thioether (sulfide) groups is 1. The fraction of sp³-hybridized carbons (Fsp3) is 0.130. The number of benzene rings is 3. The number of rotatable bonds is 7. The smallest absolute Gasteiger partial charge is 0.196 e. The highest BCUT2D eigenvalue weighted by atomic mass is 79.9. The van der Waals surface area contributed by atoms with Gasteiger partial charge in [-0.15, -0.1) is 10.2 Å². The van der Waals surface area contributed by atoms with Crippen molar-refractivity contribution in [3.05, 3.63) is 87.9 Å². The maximum atomic E-state index is 6.07. The lowest BCUT2D eigenvalue weighted by Gasteiger charge is -2.12. The average Bonchev–Trinajstić information content (AvgIpc) is 3.18. The number of nitrogens with zero attached hydrogens (tertiary/aromatic N) is 3. The first kappa shape index (κ1) is 21.0. The Labute approximate surface area is 193 Å². The first-order valence-corrected chi connectivity index (χ1v) is 11.6. The molecule has 0 amide bonds. The predicted octanol–water partition coefficient (Wildman–Crippen LogP) is 7.04. The zero-order valence-corrected chi connectivity index (χ0v) is 19.4. The summed E-state index contributed by atoms with van der Waals surface area (Å²) in [6, 6.07) is 23.9. The van der Waals surface area contributed by atoms with E-state index < -0.39 is 0 Å². The lowest BCUT2D eigenvalue weighted by molar-refractivity contribution is 0.340. The molecule has 0 bridgehead atoms. The average molecular weight is 501 g/mol. The standard InChI is InChI=1S/C23H19BrClN3OS/c1-2-29-21-12-10-20(11-13-21)28-22(17-6-8-19(25)9-7-17)26-27-23(28)30-15-16-4-3-5-18(24)14-16/h3-14H,2,15H2,1H3. The van der Waals surface area contributed by atoms with Gasteiger partial charge in [0, 0.05) is 26.5 Å². The third-order valence-corrected chi connectivity index (χ3v) is 6.14. The lowest BCUT2D eigenvalue weighted by Crippen LogP contribution is -2.00. The van der Waals surface area contributed by atoms with Crippen LogP contribution in [0, 0.1) is 0 Å². The zero-order valence-electron chi connectivity index (χ0n) is 16.3. The van der Waals surface area contributed by atoms with Crippen LogP contribution in [0.2, 0.25) is 5.02 Å². The second kappa shape index (κ2) is 9.69. The molecule has 0 aliphatic carbocycles. The van der Waals surface area contributed by atoms with E-state index in [-0.39, 0.29) is 0 Å². The minimum atomic E-state index is 0.635. The van der Waals surface area contributed by atoms with Gasteiger partial charge in [0.2, 0.25) is 0 Å². The molecule has 0 saturated carbocycles. The monoisotopic (exact) mass is 499 g/mol. The van der Waals surface area contributed by atoms with E-state index >= 15 is 0 Å². The molecule has 0 aliphatic rings. The molecule has 1 heterocycles. The van der Waals surface area contributed by atoms with Crippen LogP contribution in [0.25, 0.3) is 17.1 Å². The van der Waals surface area contributed by atoms with E-state index in [1.807, 2.05) is 67.6 Å². The highest BCUT2D eigenvalue weighted by Gasteiger charge is 2.16. The first-order chi connectivity index (χ1) is 14.6. The number of aromatic nitrogens is 3. The summed E-state index contributed by atoms with van der Waals surface area (Å²) in [5.41, 5.74) is 3.14. The van der Waals surface area contributed by atoms with E-state index in [1.54, 1.807) is 11.8 Å². The third kappa shape index (κ3) is 4.89. The summed E-state index contributed by atoms with van der Waals surface area (Å²) in [5.74, 6) is 2.40. The van der Waals surface area contributed by atoms with Gasteiger partial charge in [-0.25, -0.2) is 0 Å². The molecule has 4 aromatic rings. The van der Waals surface area contributed by atoms with E-state index in [0.717, 1.165) is 38.2 Å². The summed E-state index contributed by atoms with van der Waals surface area (Å²) in [7, 11) is 0. The van der Waals surface area contributed by atoms with Crippen LogP contribution in [-0.2, 0) is 5.75 Å². The first-order valence-electron chi connectivity index (χ1n) is 9.46. The van der Waals surface area contributed by atoms with Crippen LogP contribution < -0.4 is 4.74 Å². The third-order valence-electron chi connectivity index (χ3n) is 4.40. The maximum absolute atomic E-state index is 6.07. The molecular weight excluding hydrogens is 482 g/mol. The quantitative estimate of drug-likeness (QED) is 0.255. The summed E-state index contributed by atoms with van der Waals surface area (Å²) >= 11 is 11.3. The summed E-state index contributed by atoms with van der Waals surface area (Å²) in [5, 5.41) is 10.5. The summed E-state index contributed by atoms with van der Waals surface area (Å²) in [6.45, 7) is 2.61. The van der Waals surface area contributed by atoms with Crippen LogP contribution in [0.4, 0.5) is 0 Å². The largest absolute Gasteiger partial charge is 0.494 e. The molecule has 0 saturated heterocycles. The normalized spacial score (nSPS) is 10.9. The van der Waals surface area contributed by atoms with Crippen molar-refractivity contribution in [2.24, 2.45) is 0 Å². The predicted molar refractivity (Wildman–Crippen MR) is 127 cm³/mol. The van der Waals surface area contributed by atoms with Gasteiger partial charge in [-0.1, -0.05) is 51.4 Å². The summed E-state index contributed by atoms with van der Waals surface area (Å²) < 4.78 is 8.72. The summed E-state index contributed by atoms with van der Waals surface area (Å²) in [6.07, 6.45) is 0. The van der Waals surface area contributed by atoms with Crippen molar-refractivity contribution in [1.82, 2.24) is 14.8 Å². The Kier molecular flexibility index (Phi) is 6.77. The van der Waals surface area contributed by atoms with Crippen LogP contribution in [0.5, 0.6) is 5.75 Å². The Morgan fingerprint density at radius 2 is 1.77 bits per heavy atom. The topological polar surface area (TPSA) is 39.9 Å². The molecule has 0 atom stereocenters. The molecule has 0 spiro atoms. The Morgan fingerprint density at radius 1 is 1.00 bits per heavy atom. The van der Waals surface area contributed by atoms with Crippen molar-refractivity contribution < 1.29 is 4.74 Å². The molecule has 7 heteroatoms. The maximum Gasteiger partial charge on any atom is 0.196 e. The van der Waals surface area contributed by atoms with E-state index in [9.17, 15) is 0 Å². The second-order valence-corrected chi connectivity index (χ2v) is 8.79. The van der Waals surface area contributed by atoms with E-state index in [2.05, 4.69) is 42.8 Å². The number of halogens is 2. The number of ether oxygens (including phenoxy) is 1. The SMILES string of the molecule is CCOc1ccc(-n2c(SCc3cccc(Br)c3)nnc2-c2ccc(Cl)cc2)cc1. The minimum Gasteiger partial charge on any atom is -0.494 e. The lowest BCUT2D eigenvalue weighted by atomic mass is 10.2. The van der Waals surface area contributed by atoms with Gasteiger partial charge < -0.3 is 4.74 Å². The van der Waals surface area contributed by atoms with Gasteiger partial charge in [0.1, 0.15) is 5.75 Å². The molecule has 4 nitrogen and oxygen atoms in total. The van der Waals surface area contributed by atoms with Crippen molar-refractivity contribution >= 4 is 39.3 Å². The van der Waals surface area contributed by atoms with E-state index in [0.29, 0.717) is 11.6 Å². The van der Waals surface area contributed by atoms with E-state index in [1.165, 1.54) is 5.56 Å². The molecule has 0 aliphatic heterocycles. The molecule has 4 rings (SSSR count). The Morgan fingerprint density at radius 3 is 2.47 bits per heavy atom. The van der Waals surface area contributed by atoms with Crippen LogP contribution in [-0.4, -0.2) is 21.4 Å². The number of hydrogen-bond acceptors (Lipinski definition) is 4. The van der Waals surface area contributed by atoms with Gasteiger partial charge in [0.25, 0.3) is 0 Å². The van der Waals surface area contributed by atoms with Crippen molar-refractivity contribution in [1.29, 1.82) is 0 Å². The van der Waals surface area contributed by atoms with Crippen molar-refractivity contribution in [2.45, 2.75) is 17.8 Å². The Bertz CT molecular complexity index is 1130. The zero-order chi connectivity index (χ0) is 20.9. The minimum absolute atomic E-state index is 0.635. The van der Waals surface area contributed by atoms with Crippen LogP contribution in [0.15, 0.2) is 82.4 Å². The van der Waals surface area contributed by atoms with Crippen molar-refractivity contribution in [2.75, 3.05) is 6.61 Å². The van der Waals surface area contributed by atoms with Crippen molar-refractivity contribution in [3.8, 4) is 22.8 Å². The molecular formula is C23H19BrClN3OS. The van der Waals surface area contributed by atoms with Gasteiger partial charge in [-0.3, -0.25) is 4.57 Å².